The lowest BCUT2D eigenvalue weighted by molar-refractivity contribution is 0.394. The zero-order valence-corrected chi connectivity index (χ0v) is 10.4. The molecule has 1 rings (SSSR count). The molecule has 0 fully saturated rings. The zero-order chi connectivity index (χ0) is 12.0. The van der Waals surface area contributed by atoms with E-state index >= 15 is 0 Å². The molecule has 1 heterocycles. The normalized spacial score (nSPS) is 12.4. The van der Waals surface area contributed by atoms with Gasteiger partial charge in [-0.2, -0.15) is 5.10 Å². The number of hydrogen-bond acceptors (Lipinski definition) is 3. The van der Waals surface area contributed by atoms with Crippen LogP contribution in [0.5, 0.6) is 5.75 Å². The number of aromatic nitrogens is 2. The maximum absolute atomic E-state index is 5.34. The second-order valence-electron chi connectivity index (χ2n) is 3.69. The summed E-state index contributed by atoms with van der Waals surface area (Å²) in [5.41, 5.74) is 1.10. The number of nitrogens with one attached hydrogen (secondary N) is 1. The monoisotopic (exact) mass is 223 g/mol. The van der Waals surface area contributed by atoms with Crippen LogP contribution in [0.15, 0.2) is 18.9 Å². The summed E-state index contributed by atoms with van der Waals surface area (Å²) in [7, 11) is 3.62. The Labute approximate surface area is 97.3 Å². The van der Waals surface area contributed by atoms with Crippen LogP contribution in [-0.2, 0) is 6.54 Å². The Hall–Kier alpha value is -1.29. The minimum absolute atomic E-state index is 0.210. The standard InChI is InChI=1S/C12H21N3O/c1-5-7-10(13-3)12-11(16-4)9-14-15(12)8-6-2/h5,9-10,13H,1,6-8H2,2-4H3. The molecule has 0 spiro atoms. The lowest BCUT2D eigenvalue weighted by Crippen LogP contribution is -2.20. The van der Waals surface area contributed by atoms with Gasteiger partial charge >= 0.3 is 0 Å². The van der Waals surface area contributed by atoms with Crippen LogP contribution in [0.3, 0.4) is 0 Å². The topological polar surface area (TPSA) is 39.1 Å². The zero-order valence-electron chi connectivity index (χ0n) is 10.4. The average Bonchev–Trinajstić information content (AvgIpc) is 2.69. The van der Waals surface area contributed by atoms with Gasteiger partial charge in [-0.1, -0.05) is 13.0 Å². The van der Waals surface area contributed by atoms with Crippen molar-refractivity contribution in [2.45, 2.75) is 32.4 Å². The fourth-order valence-corrected chi connectivity index (χ4v) is 1.81. The first-order valence-corrected chi connectivity index (χ1v) is 5.66. The number of methoxy groups -OCH3 is 1. The average molecular weight is 223 g/mol. The number of ether oxygens (including phenoxy) is 1. The first kappa shape index (κ1) is 12.8. The molecule has 0 aliphatic carbocycles. The Morgan fingerprint density at radius 1 is 1.69 bits per heavy atom. The Kier molecular flexibility index (Phi) is 5.05. The first-order chi connectivity index (χ1) is 7.78. The number of aryl methyl sites for hydroxylation is 1. The van der Waals surface area contributed by atoms with E-state index in [1.807, 2.05) is 17.8 Å². The van der Waals surface area contributed by atoms with E-state index in [-0.39, 0.29) is 6.04 Å². The molecule has 90 valence electrons. The van der Waals surface area contributed by atoms with Crippen LogP contribution in [-0.4, -0.2) is 23.9 Å². The summed E-state index contributed by atoms with van der Waals surface area (Å²) in [4.78, 5) is 0. The summed E-state index contributed by atoms with van der Waals surface area (Å²) in [6.07, 6.45) is 5.60. The summed E-state index contributed by atoms with van der Waals surface area (Å²) < 4.78 is 7.35. The Morgan fingerprint density at radius 3 is 2.94 bits per heavy atom. The molecular weight excluding hydrogens is 202 g/mol. The molecule has 0 saturated carbocycles. The smallest absolute Gasteiger partial charge is 0.161 e. The lowest BCUT2D eigenvalue weighted by Gasteiger charge is -2.17. The molecule has 1 atom stereocenters. The van der Waals surface area contributed by atoms with Crippen molar-refractivity contribution in [1.82, 2.24) is 15.1 Å². The number of rotatable bonds is 7. The molecule has 0 aromatic carbocycles. The van der Waals surface area contributed by atoms with Gasteiger partial charge in [0.1, 0.15) is 0 Å². The highest BCUT2D eigenvalue weighted by Gasteiger charge is 2.19. The van der Waals surface area contributed by atoms with Crippen molar-refractivity contribution in [1.29, 1.82) is 0 Å². The van der Waals surface area contributed by atoms with E-state index in [9.17, 15) is 0 Å². The van der Waals surface area contributed by atoms with Gasteiger partial charge in [-0.25, -0.2) is 0 Å². The molecule has 0 bridgehead atoms. The van der Waals surface area contributed by atoms with E-state index in [1.165, 1.54) is 0 Å². The van der Waals surface area contributed by atoms with Gasteiger partial charge in [-0.05, 0) is 19.9 Å². The minimum atomic E-state index is 0.210. The highest BCUT2D eigenvalue weighted by Crippen LogP contribution is 2.27. The van der Waals surface area contributed by atoms with Crippen LogP contribution in [0, 0.1) is 0 Å². The summed E-state index contributed by atoms with van der Waals surface area (Å²) >= 11 is 0. The van der Waals surface area contributed by atoms with E-state index in [1.54, 1.807) is 13.3 Å². The molecule has 0 aliphatic rings. The van der Waals surface area contributed by atoms with E-state index in [0.717, 1.165) is 30.8 Å². The molecule has 4 nitrogen and oxygen atoms in total. The van der Waals surface area contributed by atoms with Crippen LogP contribution in [0.2, 0.25) is 0 Å². The molecule has 1 aromatic heterocycles. The van der Waals surface area contributed by atoms with E-state index in [0.29, 0.717) is 0 Å². The Bertz CT molecular complexity index is 333. The molecule has 1 unspecified atom stereocenters. The van der Waals surface area contributed by atoms with Gasteiger partial charge in [-0.3, -0.25) is 4.68 Å². The minimum Gasteiger partial charge on any atom is -0.493 e. The van der Waals surface area contributed by atoms with E-state index in [2.05, 4.69) is 23.9 Å². The van der Waals surface area contributed by atoms with Gasteiger partial charge in [0, 0.05) is 6.54 Å². The number of hydrogen-bond donors (Lipinski definition) is 1. The molecule has 0 aliphatic heterocycles. The van der Waals surface area contributed by atoms with E-state index < -0.39 is 0 Å². The third kappa shape index (κ3) is 2.64. The van der Waals surface area contributed by atoms with Crippen molar-refractivity contribution < 1.29 is 4.74 Å². The first-order valence-electron chi connectivity index (χ1n) is 5.66. The summed E-state index contributed by atoms with van der Waals surface area (Å²) in [5.74, 6) is 0.842. The second-order valence-corrected chi connectivity index (χ2v) is 3.69. The largest absolute Gasteiger partial charge is 0.493 e. The molecule has 0 radical (unpaired) electrons. The molecule has 1 aromatic rings. The highest BCUT2D eigenvalue weighted by molar-refractivity contribution is 5.28. The Morgan fingerprint density at radius 2 is 2.44 bits per heavy atom. The van der Waals surface area contributed by atoms with Crippen LogP contribution in [0.4, 0.5) is 0 Å². The van der Waals surface area contributed by atoms with Crippen molar-refractivity contribution in [3.63, 3.8) is 0 Å². The Balaban J connectivity index is 3.03. The lowest BCUT2D eigenvalue weighted by atomic mass is 10.1. The van der Waals surface area contributed by atoms with Crippen LogP contribution < -0.4 is 10.1 Å². The predicted octanol–water partition coefficient (Wildman–Crippen LogP) is 2.14. The molecule has 4 heteroatoms. The van der Waals surface area contributed by atoms with Crippen molar-refractivity contribution in [2.75, 3.05) is 14.2 Å². The maximum Gasteiger partial charge on any atom is 0.161 e. The summed E-state index contributed by atoms with van der Waals surface area (Å²) in [5, 5.41) is 7.61. The van der Waals surface area contributed by atoms with Gasteiger partial charge in [0.2, 0.25) is 0 Å². The molecule has 1 N–H and O–H groups in total. The van der Waals surface area contributed by atoms with Crippen molar-refractivity contribution >= 4 is 0 Å². The van der Waals surface area contributed by atoms with Gasteiger partial charge in [0.25, 0.3) is 0 Å². The maximum atomic E-state index is 5.34. The quantitative estimate of drug-likeness (QED) is 0.720. The molecule has 0 amide bonds. The SMILES string of the molecule is C=CCC(NC)c1c(OC)cnn1CCC. The molecule has 16 heavy (non-hydrogen) atoms. The van der Waals surface area contributed by atoms with Gasteiger partial charge in [-0.15, -0.1) is 6.58 Å². The van der Waals surface area contributed by atoms with Crippen LogP contribution >= 0.6 is 0 Å². The molecular formula is C12H21N3O. The van der Waals surface area contributed by atoms with Gasteiger partial charge in [0.05, 0.1) is 25.0 Å². The van der Waals surface area contributed by atoms with E-state index in [4.69, 9.17) is 4.74 Å². The van der Waals surface area contributed by atoms with Crippen molar-refractivity contribution in [3.05, 3.63) is 24.5 Å². The molecule has 0 saturated heterocycles. The van der Waals surface area contributed by atoms with Crippen LogP contribution in [0.1, 0.15) is 31.5 Å². The van der Waals surface area contributed by atoms with Gasteiger partial charge < -0.3 is 10.1 Å². The van der Waals surface area contributed by atoms with Gasteiger partial charge in [0.15, 0.2) is 5.75 Å². The fourth-order valence-electron chi connectivity index (χ4n) is 1.81. The third-order valence-electron chi connectivity index (χ3n) is 2.58. The van der Waals surface area contributed by atoms with Crippen LogP contribution in [0.25, 0.3) is 0 Å². The second kappa shape index (κ2) is 6.33. The third-order valence-corrected chi connectivity index (χ3v) is 2.58. The van der Waals surface area contributed by atoms with Crippen molar-refractivity contribution in [2.24, 2.45) is 0 Å². The summed E-state index contributed by atoms with van der Waals surface area (Å²) in [6, 6.07) is 0.210. The van der Waals surface area contributed by atoms with Crippen molar-refractivity contribution in [3.8, 4) is 5.75 Å². The fraction of sp³-hybridized carbons (Fsp3) is 0.583. The summed E-state index contributed by atoms with van der Waals surface area (Å²) in [6.45, 7) is 6.83. The highest BCUT2D eigenvalue weighted by atomic mass is 16.5. The number of nitrogens with zero attached hydrogens (tertiary/aromatic N) is 2. The predicted molar refractivity (Wildman–Crippen MR) is 65.7 cm³/mol.